The van der Waals surface area contributed by atoms with Gasteiger partial charge in [-0.2, -0.15) is 4.98 Å². The Morgan fingerprint density at radius 3 is 2.54 bits per heavy atom. The smallest absolute Gasteiger partial charge is 0.320 e. The summed E-state index contributed by atoms with van der Waals surface area (Å²) < 4.78 is 0. The minimum Gasteiger partial charge on any atom is -0.369 e. The second kappa shape index (κ2) is 10.2. The van der Waals surface area contributed by atoms with Crippen molar-refractivity contribution in [1.82, 2.24) is 25.2 Å². The van der Waals surface area contributed by atoms with Gasteiger partial charge < -0.3 is 20.4 Å². The molecule has 0 radical (unpaired) electrons. The lowest BCUT2D eigenvalue weighted by Gasteiger charge is -2.34. The van der Waals surface area contributed by atoms with Gasteiger partial charge in [-0.3, -0.25) is 5.32 Å². The van der Waals surface area contributed by atoms with Crippen molar-refractivity contribution in [3.63, 3.8) is 0 Å². The molecule has 0 bridgehead atoms. The number of urea groups is 1. The number of carbonyl (C=O) groups is 1. The van der Waals surface area contributed by atoms with E-state index in [0.29, 0.717) is 28.4 Å². The highest BCUT2D eigenvalue weighted by atomic mass is 16.2. The fourth-order valence-corrected chi connectivity index (χ4v) is 4.61. The second-order valence-electron chi connectivity index (χ2n) is 9.17. The zero-order chi connectivity index (χ0) is 24.2. The number of rotatable bonds is 5. The average Bonchev–Trinajstić information content (AvgIpc) is 3.37. The lowest BCUT2D eigenvalue weighted by molar-refractivity contribution is 0.248. The molecule has 1 aliphatic heterocycles. The van der Waals surface area contributed by atoms with Crippen LogP contribution in [-0.4, -0.2) is 65.2 Å². The number of likely N-dealkylation sites (N-methyl/N-ethyl adjacent to an activating group) is 1. The van der Waals surface area contributed by atoms with E-state index in [-0.39, 0.29) is 12.1 Å². The van der Waals surface area contributed by atoms with Crippen LogP contribution >= 0.6 is 0 Å². The minimum absolute atomic E-state index is 0.211. The summed E-state index contributed by atoms with van der Waals surface area (Å²) in [4.78, 5) is 30.6. The van der Waals surface area contributed by atoms with E-state index in [1.165, 1.54) is 5.69 Å². The van der Waals surface area contributed by atoms with Gasteiger partial charge in [0.1, 0.15) is 5.82 Å². The molecule has 9 nitrogen and oxygen atoms in total. The first-order valence-electron chi connectivity index (χ1n) is 12.1. The van der Waals surface area contributed by atoms with Crippen molar-refractivity contribution in [3.05, 3.63) is 42.1 Å². The summed E-state index contributed by atoms with van der Waals surface area (Å²) in [7, 11) is 2.15. The zero-order valence-corrected chi connectivity index (χ0v) is 19.9. The fourth-order valence-electron chi connectivity index (χ4n) is 4.61. The van der Waals surface area contributed by atoms with Crippen LogP contribution in [0.15, 0.2) is 36.5 Å². The number of hydrogen-bond donors (Lipinski definition) is 3. The maximum atomic E-state index is 12.4. The number of pyridine rings is 1. The Hall–Kier alpha value is -3.90. The zero-order valence-electron chi connectivity index (χ0n) is 19.9. The number of benzene rings is 1. The van der Waals surface area contributed by atoms with Crippen LogP contribution in [0.1, 0.15) is 31.2 Å². The third kappa shape index (κ3) is 5.44. The van der Waals surface area contributed by atoms with Gasteiger partial charge in [0.2, 0.25) is 5.95 Å². The van der Waals surface area contributed by atoms with E-state index in [1.54, 1.807) is 12.3 Å². The number of nitrogens with one attached hydrogen (secondary N) is 3. The van der Waals surface area contributed by atoms with E-state index in [2.05, 4.69) is 65.8 Å². The number of piperazine rings is 1. The molecule has 35 heavy (non-hydrogen) atoms. The molecule has 1 saturated carbocycles. The molecule has 2 amide bonds. The Morgan fingerprint density at radius 1 is 1.09 bits per heavy atom. The Balaban J connectivity index is 1.30. The third-order valence-corrected chi connectivity index (χ3v) is 6.65. The molecule has 2 aromatic heterocycles. The van der Waals surface area contributed by atoms with Crippen LogP contribution in [0.25, 0.3) is 11.0 Å². The van der Waals surface area contributed by atoms with Crippen LogP contribution in [0.5, 0.6) is 0 Å². The summed E-state index contributed by atoms with van der Waals surface area (Å²) in [6, 6.07) is 9.86. The molecule has 3 N–H and O–H groups in total. The molecule has 0 unspecified atom stereocenters. The first-order valence-corrected chi connectivity index (χ1v) is 12.1. The summed E-state index contributed by atoms with van der Waals surface area (Å²) in [5, 5.41) is 9.69. The Morgan fingerprint density at radius 2 is 1.83 bits per heavy atom. The van der Waals surface area contributed by atoms with Crippen molar-refractivity contribution < 1.29 is 4.79 Å². The Bertz CT molecular complexity index is 1240. The van der Waals surface area contributed by atoms with Crippen molar-refractivity contribution >= 4 is 40.2 Å². The van der Waals surface area contributed by atoms with Crippen molar-refractivity contribution in [1.29, 1.82) is 0 Å². The van der Waals surface area contributed by atoms with E-state index in [0.717, 1.165) is 57.5 Å². The largest absolute Gasteiger partial charge is 0.369 e. The molecule has 2 fully saturated rings. The Labute approximate surface area is 205 Å². The predicted molar refractivity (Wildman–Crippen MR) is 139 cm³/mol. The van der Waals surface area contributed by atoms with Crippen LogP contribution in [0.2, 0.25) is 0 Å². The number of aromatic nitrogens is 3. The van der Waals surface area contributed by atoms with Gasteiger partial charge in [0, 0.05) is 55.4 Å². The highest BCUT2D eigenvalue weighted by molar-refractivity contribution is 5.91. The van der Waals surface area contributed by atoms with Gasteiger partial charge in [-0.1, -0.05) is 18.8 Å². The first kappa shape index (κ1) is 22.9. The van der Waals surface area contributed by atoms with E-state index in [9.17, 15) is 4.79 Å². The van der Waals surface area contributed by atoms with Crippen molar-refractivity contribution in [3.8, 4) is 12.3 Å². The van der Waals surface area contributed by atoms with Gasteiger partial charge in [-0.15, -0.1) is 6.42 Å². The van der Waals surface area contributed by atoms with Crippen molar-refractivity contribution in [2.75, 3.05) is 48.8 Å². The molecule has 1 saturated heterocycles. The van der Waals surface area contributed by atoms with Crippen molar-refractivity contribution in [2.24, 2.45) is 0 Å². The van der Waals surface area contributed by atoms with Gasteiger partial charge in [-0.25, -0.2) is 14.8 Å². The lowest BCUT2D eigenvalue weighted by atomic mass is 10.2. The predicted octanol–water partition coefficient (Wildman–Crippen LogP) is 3.57. The van der Waals surface area contributed by atoms with Crippen LogP contribution in [-0.2, 0) is 0 Å². The van der Waals surface area contributed by atoms with Crippen LogP contribution < -0.4 is 20.9 Å². The van der Waals surface area contributed by atoms with Crippen molar-refractivity contribution in [2.45, 2.75) is 31.7 Å². The van der Waals surface area contributed by atoms with Gasteiger partial charge in [0.05, 0.1) is 5.39 Å². The maximum absolute atomic E-state index is 12.4. The molecular weight excluding hydrogens is 440 g/mol. The number of terminal acetylenes is 1. The summed E-state index contributed by atoms with van der Waals surface area (Å²) in [5.41, 5.74) is 3.08. The number of nitrogens with zero attached hydrogens (tertiary/aromatic N) is 5. The molecule has 3 aromatic rings. The molecule has 1 aromatic carbocycles. The molecule has 180 valence electrons. The van der Waals surface area contributed by atoms with E-state index < -0.39 is 0 Å². The molecule has 0 spiro atoms. The topological polar surface area (TPSA) is 98.3 Å². The number of carbonyl (C=O) groups excluding carboxylic acids is 1. The highest BCUT2D eigenvalue weighted by Crippen LogP contribution is 2.24. The molecule has 5 rings (SSSR count). The monoisotopic (exact) mass is 470 g/mol. The first-order chi connectivity index (χ1) is 17.1. The quantitative estimate of drug-likeness (QED) is 0.491. The van der Waals surface area contributed by atoms with Gasteiger partial charge in [0.15, 0.2) is 5.65 Å². The Kier molecular flexibility index (Phi) is 6.64. The third-order valence-electron chi connectivity index (χ3n) is 6.65. The molecule has 9 heteroatoms. The normalized spacial score (nSPS) is 16.7. The lowest BCUT2D eigenvalue weighted by Crippen LogP contribution is -2.44. The summed E-state index contributed by atoms with van der Waals surface area (Å²) >= 11 is 0. The van der Waals surface area contributed by atoms with Gasteiger partial charge in [0.25, 0.3) is 0 Å². The van der Waals surface area contributed by atoms with Crippen LogP contribution in [0.4, 0.5) is 27.9 Å². The summed E-state index contributed by atoms with van der Waals surface area (Å²) in [6.07, 6.45) is 11.7. The van der Waals surface area contributed by atoms with E-state index in [4.69, 9.17) is 6.42 Å². The standard InChI is InChI=1S/C26H30N8O/c1-3-18-16-23(31-26(35)29-19-6-4-5-7-19)30-24-22(18)17-27-25(32-24)28-20-8-10-21(11-9-20)34-14-12-33(2)13-15-34/h1,8-11,16-17,19H,4-7,12-15H2,2H3,(H3,27,28,29,30,31,32,35). The number of fused-ring (bicyclic) bond motifs is 1. The second-order valence-corrected chi connectivity index (χ2v) is 9.17. The van der Waals surface area contributed by atoms with E-state index in [1.807, 2.05) is 12.1 Å². The average molecular weight is 471 g/mol. The minimum atomic E-state index is -0.278. The highest BCUT2D eigenvalue weighted by Gasteiger charge is 2.18. The van der Waals surface area contributed by atoms with Gasteiger partial charge in [-0.05, 0) is 50.2 Å². The number of anilines is 4. The molecular formula is C26H30N8O. The molecule has 0 atom stereocenters. The fraction of sp³-hybridized carbons (Fsp3) is 0.385. The SMILES string of the molecule is C#Cc1cc(NC(=O)NC2CCCC2)nc2nc(Nc3ccc(N4CCN(C)CC4)cc3)ncc12. The molecule has 1 aliphatic carbocycles. The van der Waals surface area contributed by atoms with Crippen LogP contribution in [0, 0.1) is 12.3 Å². The summed E-state index contributed by atoms with van der Waals surface area (Å²) in [5.74, 6) is 3.42. The molecule has 3 heterocycles. The van der Waals surface area contributed by atoms with Crippen LogP contribution in [0.3, 0.4) is 0 Å². The van der Waals surface area contributed by atoms with E-state index >= 15 is 0 Å². The number of hydrogen-bond acceptors (Lipinski definition) is 7. The maximum Gasteiger partial charge on any atom is 0.320 e. The van der Waals surface area contributed by atoms with Gasteiger partial charge >= 0.3 is 6.03 Å². The molecule has 2 aliphatic rings. The summed E-state index contributed by atoms with van der Waals surface area (Å²) in [6.45, 7) is 4.18. The number of amides is 2.